The van der Waals surface area contributed by atoms with Crippen LogP contribution < -0.4 is 10.6 Å². The van der Waals surface area contributed by atoms with Crippen molar-refractivity contribution in [1.29, 1.82) is 0 Å². The van der Waals surface area contributed by atoms with Gasteiger partial charge in [0.15, 0.2) is 0 Å². The van der Waals surface area contributed by atoms with Crippen LogP contribution in [0.3, 0.4) is 0 Å². The maximum Gasteiger partial charge on any atom is 0.216 e. The molecule has 0 saturated carbocycles. The molecule has 1 aliphatic rings. The number of carbonyl (C=O) groups is 1. The van der Waals surface area contributed by atoms with Gasteiger partial charge in [-0.3, -0.25) is 4.79 Å². The van der Waals surface area contributed by atoms with Gasteiger partial charge < -0.3 is 25.0 Å². The van der Waals surface area contributed by atoms with Crippen molar-refractivity contribution < 1.29 is 14.3 Å². The van der Waals surface area contributed by atoms with E-state index >= 15 is 0 Å². The van der Waals surface area contributed by atoms with Crippen LogP contribution in [0, 0.1) is 0 Å². The average molecular weight is 329 g/mol. The lowest BCUT2D eigenvalue weighted by atomic mass is 10.0. The topological polar surface area (TPSA) is 62.8 Å². The third-order valence-electron chi connectivity index (χ3n) is 4.26. The van der Waals surface area contributed by atoms with Crippen molar-refractivity contribution in [2.45, 2.75) is 52.1 Å². The molecule has 0 spiro atoms. The van der Waals surface area contributed by atoms with Crippen molar-refractivity contribution in [1.82, 2.24) is 15.5 Å². The molecule has 0 aromatic heterocycles. The second-order valence-electron chi connectivity index (χ2n) is 6.30. The van der Waals surface area contributed by atoms with E-state index in [1.807, 2.05) is 0 Å². The van der Waals surface area contributed by atoms with Gasteiger partial charge in [-0.05, 0) is 39.3 Å². The van der Waals surface area contributed by atoms with Crippen LogP contribution in [0.4, 0.5) is 0 Å². The highest BCUT2D eigenvalue weighted by atomic mass is 16.5. The van der Waals surface area contributed by atoms with Crippen LogP contribution in [0.2, 0.25) is 0 Å². The molecule has 0 bridgehead atoms. The Morgan fingerprint density at radius 3 is 2.43 bits per heavy atom. The van der Waals surface area contributed by atoms with E-state index in [9.17, 15) is 4.79 Å². The highest BCUT2D eigenvalue weighted by Gasteiger charge is 2.19. The van der Waals surface area contributed by atoms with Gasteiger partial charge in [-0.25, -0.2) is 0 Å². The number of hydrogen-bond acceptors (Lipinski definition) is 5. The van der Waals surface area contributed by atoms with Crippen LogP contribution >= 0.6 is 0 Å². The number of nitrogens with zero attached hydrogens (tertiary/aromatic N) is 1. The number of rotatable bonds is 12. The van der Waals surface area contributed by atoms with Gasteiger partial charge in [-0.15, -0.1) is 0 Å². The van der Waals surface area contributed by atoms with Crippen LogP contribution in [0.1, 0.15) is 40.0 Å². The van der Waals surface area contributed by atoms with Gasteiger partial charge in [0.1, 0.15) is 0 Å². The van der Waals surface area contributed by atoms with Gasteiger partial charge in [0.25, 0.3) is 0 Å². The minimum Gasteiger partial charge on any atom is -0.378 e. The summed E-state index contributed by atoms with van der Waals surface area (Å²) in [7, 11) is 0. The number of carbonyl (C=O) groups excluding carboxylic acids is 1. The van der Waals surface area contributed by atoms with Crippen molar-refractivity contribution in [2.75, 3.05) is 52.6 Å². The summed E-state index contributed by atoms with van der Waals surface area (Å²) in [5, 5.41) is 6.39. The van der Waals surface area contributed by atoms with Crippen LogP contribution in [-0.2, 0) is 14.3 Å². The normalized spacial score (nSPS) is 18.0. The summed E-state index contributed by atoms with van der Waals surface area (Å²) < 4.78 is 11.0. The average Bonchev–Trinajstić information content (AvgIpc) is 2.54. The van der Waals surface area contributed by atoms with Gasteiger partial charge in [0.2, 0.25) is 5.91 Å². The third-order valence-corrected chi connectivity index (χ3v) is 4.26. The van der Waals surface area contributed by atoms with Crippen molar-refractivity contribution in [3.63, 3.8) is 0 Å². The third kappa shape index (κ3) is 10.7. The molecule has 1 unspecified atom stereocenters. The molecule has 1 heterocycles. The summed E-state index contributed by atoms with van der Waals surface area (Å²) in [6.07, 6.45) is 3.66. The summed E-state index contributed by atoms with van der Waals surface area (Å²) in [5.41, 5.74) is 0. The number of hydrogen-bond donors (Lipinski definition) is 2. The second-order valence-corrected chi connectivity index (χ2v) is 6.30. The molecule has 1 saturated heterocycles. The monoisotopic (exact) mass is 329 g/mol. The molecule has 23 heavy (non-hydrogen) atoms. The summed E-state index contributed by atoms with van der Waals surface area (Å²) in [4.78, 5) is 13.1. The SMILES string of the molecule is CCC(C)NC1CCN(CCOCCOCCNC(C)=O)CC1. The molecule has 0 aliphatic carbocycles. The van der Waals surface area contributed by atoms with Crippen molar-refractivity contribution >= 4 is 5.91 Å². The number of ether oxygens (including phenoxy) is 2. The number of amides is 1. The number of piperidine rings is 1. The molecule has 1 aliphatic heterocycles. The molecule has 1 atom stereocenters. The van der Waals surface area contributed by atoms with Gasteiger partial charge in [-0.2, -0.15) is 0 Å². The molecule has 0 aromatic carbocycles. The first-order valence-electron chi connectivity index (χ1n) is 9.00. The Labute approximate surface area is 141 Å². The Morgan fingerprint density at radius 2 is 1.83 bits per heavy atom. The summed E-state index contributed by atoms with van der Waals surface area (Å²) in [6, 6.07) is 1.31. The maximum absolute atomic E-state index is 10.7. The van der Waals surface area contributed by atoms with E-state index in [1.54, 1.807) is 0 Å². The lowest BCUT2D eigenvalue weighted by molar-refractivity contribution is -0.119. The minimum atomic E-state index is -0.0204. The lowest BCUT2D eigenvalue weighted by Crippen LogP contribution is -2.46. The van der Waals surface area contributed by atoms with E-state index in [-0.39, 0.29) is 5.91 Å². The van der Waals surface area contributed by atoms with Gasteiger partial charge in [0.05, 0.1) is 26.4 Å². The molecule has 1 amide bonds. The molecule has 0 aromatic rings. The first kappa shape index (κ1) is 20.4. The predicted octanol–water partition coefficient (Wildman–Crippen LogP) is 1.01. The zero-order valence-electron chi connectivity index (χ0n) is 15.1. The fourth-order valence-electron chi connectivity index (χ4n) is 2.66. The smallest absolute Gasteiger partial charge is 0.216 e. The number of nitrogens with one attached hydrogen (secondary N) is 2. The molecule has 6 heteroatoms. The van der Waals surface area contributed by atoms with E-state index in [2.05, 4.69) is 29.4 Å². The van der Waals surface area contributed by atoms with Gasteiger partial charge in [0, 0.05) is 32.1 Å². The van der Waals surface area contributed by atoms with E-state index in [0.717, 1.165) is 26.2 Å². The first-order chi connectivity index (χ1) is 11.1. The van der Waals surface area contributed by atoms with Crippen molar-refractivity contribution in [3.8, 4) is 0 Å². The summed E-state index contributed by atoms with van der Waals surface area (Å²) >= 11 is 0. The largest absolute Gasteiger partial charge is 0.378 e. The lowest BCUT2D eigenvalue weighted by Gasteiger charge is -2.33. The van der Waals surface area contributed by atoms with Gasteiger partial charge in [-0.1, -0.05) is 6.92 Å². The van der Waals surface area contributed by atoms with Crippen LogP contribution in [0.25, 0.3) is 0 Å². The Kier molecular flexibility index (Phi) is 11.2. The first-order valence-corrected chi connectivity index (χ1v) is 9.00. The minimum absolute atomic E-state index is 0.0204. The molecular weight excluding hydrogens is 294 g/mol. The van der Waals surface area contributed by atoms with E-state index < -0.39 is 0 Å². The van der Waals surface area contributed by atoms with E-state index in [4.69, 9.17) is 9.47 Å². The van der Waals surface area contributed by atoms with Gasteiger partial charge >= 0.3 is 0 Å². The highest BCUT2D eigenvalue weighted by molar-refractivity contribution is 5.72. The Bertz CT molecular complexity index is 307. The highest BCUT2D eigenvalue weighted by Crippen LogP contribution is 2.11. The van der Waals surface area contributed by atoms with Crippen molar-refractivity contribution in [3.05, 3.63) is 0 Å². The van der Waals surface area contributed by atoms with E-state index in [0.29, 0.717) is 38.4 Å². The fraction of sp³-hybridized carbons (Fsp3) is 0.941. The predicted molar refractivity (Wildman–Crippen MR) is 92.7 cm³/mol. The second kappa shape index (κ2) is 12.7. The zero-order valence-corrected chi connectivity index (χ0v) is 15.1. The Hall–Kier alpha value is -0.690. The Morgan fingerprint density at radius 1 is 1.17 bits per heavy atom. The standard InChI is InChI=1S/C17H35N3O3/c1-4-15(2)19-17-5-8-20(9-6-17)10-12-23-14-13-22-11-7-18-16(3)21/h15,17,19H,4-14H2,1-3H3,(H,18,21). The quantitative estimate of drug-likeness (QED) is 0.523. The Balaban J connectivity index is 1.89. The maximum atomic E-state index is 10.7. The van der Waals surface area contributed by atoms with Crippen LogP contribution in [-0.4, -0.2) is 75.5 Å². The zero-order chi connectivity index (χ0) is 16.9. The summed E-state index contributed by atoms with van der Waals surface area (Å²) in [5.74, 6) is -0.0204. The van der Waals surface area contributed by atoms with E-state index in [1.165, 1.54) is 26.2 Å². The van der Waals surface area contributed by atoms with Crippen LogP contribution in [0.15, 0.2) is 0 Å². The molecule has 1 fully saturated rings. The molecule has 1 rings (SSSR count). The summed E-state index contributed by atoms with van der Waals surface area (Å²) in [6.45, 7) is 12.4. The molecule has 136 valence electrons. The fourth-order valence-corrected chi connectivity index (χ4v) is 2.66. The molecule has 0 radical (unpaired) electrons. The van der Waals surface area contributed by atoms with Crippen molar-refractivity contribution in [2.24, 2.45) is 0 Å². The molecular formula is C17H35N3O3. The number of likely N-dealkylation sites (tertiary alicyclic amines) is 1. The molecule has 2 N–H and O–H groups in total. The molecule has 6 nitrogen and oxygen atoms in total. The van der Waals surface area contributed by atoms with Crippen LogP contribution in [0.5, 0.6) is 0 Å².